The normalized spacial score (nSPS) is 24.6. The smallest absolute Gasteiger partial charge is 0.263 e. The highest BCUT2D eigenvalue weighted by molar-refractivity contribution is 7.71. The first kappa shape index (κ1) is 9.30. The van der Waals surface area contributed by atoms with Gasteiger partial charge in [-0.2, -0.15) is 0 Å². The van der Waals surface area contributed by atoms with Gasteiger partial charge in [0.1, 0.15) is 4.83 Å². The number of H-pyrrole nitrogens is 1. The molecule has 1 aliphatic carbocycles. The van der Waals surface area contributed by atoms with Crippen molar-refractivity contribution in [3.63, 3.8) is 0 Å². The number of aromatic amines is 1. The average molecular weight is 238 g/mol. The summed E-state index contributed by atoms with van der Waals surface area (Å²) in [5.74, 6) is 0.578. The van der Waals surface area contributed by atoms with E-state index in [1.165, 1.54) is 11.3 Å². The molecular formula is C10H10N2OS2. The number of hydrogen-bond acceptors (Lipinski definition) is 3. The zero-order chi connectivity index (χ0) is 10.6. The molecule has 1 fully saturated rings. The maximum Gasteiger partial charge on any atom is 0.263 e. The van der Waals surface area contributed by atoms with Crippen LogP contribution in [-0.2, 0) is 0 Å². The molecule has 0 radical (unpaired) electrons. The van der Waals surface area contributed by atoms with E-state index in [0.29, 0.717) is 16.7 Å². The van der Waals surface area contributed by atoms with Gasteiger partial charge in [0.2, 0.25) is 0 Å². The first-order chi connectivity index (χ1) is 7.18. The van der Waals surface area contributed by atoms with E-state index >= 15 is 0 Å². The molecular weight excluding hydrogens is 228 g/mol. The van der Waals surface area contributed by atoms with Crippen LogP contribution in [0.25, 0.3) is 10.2 Å². The van der Waals surface area contributed by atoms with Crippen molar-refractivity contribution in [2.45, 2.75) is 19.4 Å². The second kappa shape index (κ2) is 3.02. The van der Waals surface area contributed by atoms with Gasteiger partial charge in [-0.15, -0.1) is 11.3 Å². The topological polar surface area (TPSA) is 37.8 Å². The van der Waals surface area contributed by atoms with Crippen LogP contribution in [-0.4, -0.2) is 9.55 Å². The van der Waals surface area contributed by atoms with Crippen molar-refractivity contribution < 1.29 is 0 Å². The Morgan fingerprint density at radius 2 is 2.40 bits per heavy atom. The van der Waals surface area contributed by atoms with Crippen LogP contribution in [0.5, 0.6) is 0 Å². The van der Waals surface area contributed by atoms with Gasteiger partial charge in [0.05, 0.1) is 5.39 Å². The fraction of sp³-hybridized carbons (Fsp3) is 0.400. The third-order valence-electron chi connectivity index (χ3n) is 2.95. The maximum atomic E-state index is 12.1. The molecule has 0 saturated heterocycles. The largest absolute Gasteiger partial charge is 0.323 e. The van der Waals surface area contributed by atoms with Gasteiger partial charge >= 0.3 is 0 Å². The summed E-state index contributed by atoms with van der Waals surface area (Å²) >= 11 is 6.74. The summed E-state index contributed by atoms with van der Waals surface area (Å²) in [6.45, 7) is 2.14. The van der Waals surface area contributed by atoms with Gasteiger partial charge in [0.15, 0.2) is 4.77 Å². The zero-order valence-electron chi connectivity index (χ0n) is 8.19. The SMILES string of the molecule is CC1CC1n1c(=S)[nH]c2sccc2c1=O. The Balaban J connectivity index is 2.38. The van der Waals surface area contributed by atoms with E-state index in [0.717, 1.165) is 16.6 Å². The standard InChI is InChI=1S/C10H10N2OS2/c1-5-4-7(5)12-9(13)6-2-3-15-8(6)11-10(12)14/h2-3,5,7H,4H2,1H3,(H,11,14). The Hall–Kier alpha value is -0.940. The average Bonchev–Trinajstić information content (AvgIpc) is 2.73. The van der Waals surface area contributed by atoms with Gasteiger partial charge < -0.3 is 4.98 Å². The molecule has 0 spiro atoms. The van der Waals surface area contributed by atoms with Crippen molar-refractivity contribution in [3.05, 3.63) is 26.6 Å². The number of thiophene rings is 1. The minimum atomic E-state index is 0.0596. The van der Waals surface area contributed by atoms with Crippen molar-refractivity contribution in [3.8, 4) is 0 Å². The summed E-state index contributed by atoms with van der Waals surface area (Å²) in [6, 6.07) is 2.17. The third-order valence-corrected chi connectivity index (χ3v) is 4.08. The van der Waals surface area contributed by atoms with Crippen molar-refractivity contribution in [2.24, 2.45) is 5.92 Å². The molecule has 78 valence electrons. The second-order valence-corrected chi connectivity index (χ2v) is 5.35. The van der Waals surface area contributed by atoms with Crippen LogP contribution in [0.2, 0.25) is 0 Å². The Kier molecular flexibility index (Phi) is 1.87. The van der Waals surface area contributed by atoms with Crippen molar-refractivity contribution in [2.75, 3.05) is 0 Å². The monoisotopic (exact) mass is 238 g/mol. The summed E-state index contributed by atoms with van der Waals surface area (Å²) < 4.78 is 2.29. The lowest BCUT2D eigenvalue weighted by atomic mass is 10.4. The second-order valence-electron chi connectivity index (χ2n) is 4.05. The molecule has 1 saturated carbocycles. The fourth-order valence-electron chi connectivity index (χ4n) is 1.92. The summed E-state index contributed by atoms with van der Waals surface area (Å²) in [5, 5.41) is 2.67. The molecule has 5 heteroatoms. The Morgan fingerprint density at radius 1 is 1.67 bits per heavy atom. The predicted molar refractivity (Wildman–Crippen MR) is 64.1 cm³/mol. The molecule has 2 atom stereocenters. The summed E-state index contributed by atoms with van der Waals surface area (Å²) in [4.78, 5) is 16.1. The molecule has 0 aromatic carbocycles. The van der Waals surface area contributed by atoms with Crippen molar-refractivity contribution >= 4 is 33.8 Å². The molecule has 3 nitrogen and oxygen atoms in total. The number of hydrogen-bond donors (Lipinski definition) is 1. The van der Waals surface area contributed by atoms with Gasteiger partial charge in [-0.3, -0.25) is 9.36 Å². The first-order valence-electron chi connectivity index (χ1n) is 4.90. The van der Waals surface area contributed by atoms with Crippen molar-refractivity contribution in [1.29, 1.82) is 0 Å². The number of rotatable bonds is 1. The lowest BCUT2D eigenvalue weighted by Gasteiger charge is -2.04. The van der Waals surface area contributed by atoms with Gasteiger partial charge in [-0.25, -0.2) is 0 Å². The van der Waals surface area contributed by atoms with E-state index in [-0.39, 0.29) is 5.56 Å². The Bertz CT molecular complexity index is 637. The molecule has 2 heterocycles. The molecule has 1 N–H and O–H groups in total. The lowest BCUT2D eigenvalue weighted by Crippen LogP contribution is -2.20. The summed E-state index contributed by atoms with van der Waals surface area (Å²) in [5.41, 5.74) is 0.0596. The Labute approximate surface area is 95.4 Å². The van der Waals surface area contributed by atoms with E-state index in [9.17, 15) is 4.79 Å². The zero-order valence-corrected chi connectivity index (χ0v) is 9.82. The number of nitrogens with one attached hydrogen (secondary N) is 1. The summed E-state index contributed by atoms with van der Waals surface area (Å²) in [7, 11) is 0. The third kappa shape index (κ3) is 1.30. The molecule has 2 aromatic rings. The lowest BCUT2D eigenvalue weighted by molar-refractivity contribution is 0.643. The summed E-state index contributed by atoms with van der Waals surface area (Å²) in [6.07, 6.45) is 1.06. The molecule has 1 aliphatic rings. The van der Waals surface area contributed by atoms with E-state index in [2.05, 4.69) is 11.9 Å². The highest BCUT2D eigenvalue weighted by atomic mass is 32.1. The molecule has 3 rings (SSSR count). The maximum absolute atomic E-state index is 12.1. The number of nitrogens with zero attached hydrogens (tertiary/aromatic N) is 1. The quantitative estimate of drug-likeness (QED) is 0.776. The van der Waals surface area contributed by atoms with Crippen LogP contribution in [0.3, 0.4) is 0 Å². The fourth-order valence-corrected chi connectivity index (χ4v) is 3.08. The van der Waals surface area contributed by atoms with E-state index in [1.54, 1.807) is 4.57 Å². The van der Waals surface area contributed by atoms with E-state index in [1.807, 2.05) is 11.4 Å². The van der Waals surface area contributed by atoms with Crippen LogP contribution < -0.4 is 5.56 Å². The highest BCUT2D eigenvalue weighted by Gasteiger charge is 2.36. The molecule has 15 heavy (non-hydrogen) atoms. The van der Waals surface area contributed by atoms with Crippen LogP contribution in [0.4, 0.5) is 0 Å². The van der Waals surface area contributed by atoms with Crippen molar-refractivity contribution in [1.82, 2.24) is 9.55 Å². The van der Waals surface area contributed by atoms with Crippen LogP contribution in [0, 0.1) is 10.7 Å². The predicted octanol–water partition coefficient (Wildman–Crippen LogP) is 2.70. The van der Waals surface area contributed by atoms with E-state index in [4.69, 9.17) is 12.2 Å². The van der Waals surface area contributed by atoms with Gasteiger partial charge in [0.25, 0.3) is 5.56 Å². The molecule has 0 bridgehead atoms. The van der Waals surface area contributed by atoms with Crippen LogP contribution in [0.15, 0.2) is 16.2 Å². The minimum Gasteiger partial charge on any atom is -0.323 e. The minimum absolute atomic E-state index is 0.0596. The molecule has 0 amide bonds. The van der Waals surface area contributed by atoms with Gasteiger partial charge in [-0.05, 0) is 36.0 Å². The van der Waals surface area contributed by atoms with Gasteiger partial charge in [0, 0.05) is 6.04 Å². The number of aromatic nitrogens is 2. The molecule has 2 aromatic heterocycles. The number of fused-ring (bicyclic) bond motifs is 1. The molecule has 0 aliphatic heterocycles. The van der Waals surface area contributed by atoms with Crippen LogP contribution in [0.1, 0.15) is 19.4 Å². The Morgan fingerprint density at radius 3 is 3.07 bits per heavy atom. The van der Waals surface area contributed by atoms with Gasteiger partial charge in [-0.1, -0.05) is 6.92 Å². The molecule has 2 unspecified atom stereocenters. The highest BCUT2D eigenvalue weighted by Crippen LogP contribution is 2.41. The van der Waals surface area contributed by atoms with Crippen LogP contribution >= 0.6 is 23.6 Å². The first-order valence-corrected chi connectivity index (χ1v) is 6.19. The van der Waals surface area contributed by atoms with E-state index < -0.39 is 0 Å².